The number of anilines is 3. The van der Waals surface area contributed by atoms with Gasteiger partial charge < -0.3 is 25.2 Å². The molecule has 7 nitrogen and oxygen atoms in total. The van der Waals surface area contributed by atoms with Gasteiger partial charge in [-0.2, -0.15) is 0 Å². The molecule has 3 heterocycles. The van der Waals surface area contributed by atoms with E-state index in [0.717, 1.165) is 37.4 Å². The molecule has 4 rings (SSSR count). The largest absolute Gasteiger partial charge is 0.506 e. The summed E-state index contributed by atoms with van der Waals surface area (Å²) in [6.07, 6.45) is 1.87. The van der Waals surface area contributed by atoms with E-state index in [1.165, 1.54) is 6.07 Å². The van der Waals surface area contributed by atoms with Gasteiger partial charge in [-0.25, -0.2) is 9.97 Å². The highest BCUT2D eigenvalue weighted by molar-refractivity contribution is 6.30. The van der Waals surface area contributed by atoms with Crippen LogP contribution in [0.4, 0.5) is 17.3 Å². The first-order valence-electron chi connectivity index (χ1n) is 8.13. The lowest BCUT2D eigenvalue weighted by Crippen LogP contribution is -2.44. The fourth-order valence-electron chi connectivity index (χ4n) is 2.92. The molecule has 0 amide bonds. The van der Waals surface area contributed by atoms with Crippen LogP contribution in [0.1, 0.15) is 0 Å². The third kappa shape index (κ3) is 3.33. The van der Waals surface area contributed by atoms with Crippen molar-refractivity contribution in [1.82, 2.24) is 19.9 Å². The van der Waals surface area contributed by atoms with E-state index in [1.807, 2.05) is 12.3 Å². The molecule has 3 aromatic rings. The topological polar surface area (TPSA) is 80.3 Å². The number of likely N-dealkylation sites (N-methyl/N-ethyl adjacent to an activating group) is 1. The fourth-order valence-corrected chi connectivity index (χ4v) is 3.09. The van der Waals surface area contributed by atoms with Crippen molar-refractivity contribution in [1.29, 1.82) is 0 Å². The van der Waals surface area contributed by atoms with Gasteiger partial charge >= 0.3 is 0 Å². The number of aromatic nitrogens is 3. The van der Waals surface area contributed by atoms with Gasteiger partial charge in [-0.3, -0.25) is 0 Å². The minimum Gasteiger partial charge on any atom is -0.506 e. The summed E-state index contributed by atoms with van der Waals surface area (Å²) in [5.74, 6) is 0.617. The van der Waals surface area contributed by atoms with Crippen LogP contribution in [0.2, 0.25) is 5.02 Å². The number of phenolic OH excluding ortho intramolecular Hbond substituents is 1. The number of rotatable bonds is 3. The van der Waals surface area contributed by atoms with Crippen LogP contribution in [0.15, 0.2) is 30.5 Å². The van der Waals surface area contributed by atoms with Gasteiger partial charge in [-0.05, 0) is 31.3 Å². The molecule has 3 N–H and O–H groups in total. The van der Waals surface area contributed by atoms with Crippen molar-refractivity contribution in [3.8, 4) is 5.75 Å². The third-order valence-electron chi connectivity index (χ3n) is 4.40. The van der Waals surface area contributed by atoms with E-state index in [2.05, 4.69) is 37.1 Å². The number of halogens is 1. The molecular formula is C17H19ClN6O. The average molecular weight is 359 g/mol. The van der Waals surface area contributed by atoms with E-state index in [1.54, 1.807) is 12.1 Å². The summed E-state index contributed by atoms with van der Waals surface area (Å²) < 4.78 is 0. The number of phenols is 1. The minimum absolute atomic E-state index is 0.107. The Morgan fingerprint density at radius 1 is 1.20 bits per heavy atom. The summed E-state index contributed by atoms with van der Waals surface area (Å²) in [4.78, 5) is 16.8. The molecule has 1 aliphatic rings. The Balaban J connectivity index is 1.59. The SMILES string of the molecule is CN1CCN(c2cnc3[nH]c(Nc4cc(Cl)ccc4O)nc3c2)CC1. The van der Waals surface area contributed by atoms with E-state index in [0.29, 0.717) is 22.3 Å². The van der Waals surface area contributed by atoms with Crippen LogP contribution in [0.3, 0.4) is 0 Å². The maximum atomic E-state index is 9.92. The number of aromatic amines is 1. The first kappa shape index (κ1) is 16.0. The Morgan fingerprint density at radius 2 is 2.00 bits per heavy atom. The average Bonchev–Trinajstić information content (AvgIpc) is 3.00. The zero-order valence-corrected chi connectivity index (χ0v) is 14.6. The molecule has 0 saturated carbocycles. The Labute approximate surface area is 150 Å². The highest BCUT2D eigenvalue weighted by Crippen LogP contribution is 2.29. The number of imidazole rings is 1. The number of piperazine rings is 1. The highest BCUT2D eigenvalue weighted by Gasteiger charge is 2.16. The van der Waals surface area contributed by atoms with Crippen molar-refractivity contribution in [2.45, 2.75) is 0 Å². The Hall–Kier alpha value is -2.51. The summed E-state index contributed by atoms with van der Waals surface area (Å²) in [6, 6.07) is 6.85. The smallest absolute Gasteiger partial charge is 0.207 e. The van der Waals surface area contributed by atoms with Crippen molar-refractivity contribution in [3.63, 3.8) is 0 Å². The second-order valence-electron chi connectivity index (χ2n) is 6.22. The molecule has 1 saturated heterocycles. The highest BCUT2D eigenvalue weighted by atomic mass is 35.5. The van der Waals surface area contributed by atoms with Crippen molar-refractivity contribution < 1.29 is 5.11 Å². The zero-order valence-electron chi connectivity index (χ0n) is 13.8. The number of hydrogen-bond acceptors (Lipinski definition) is 6. The first-order valence-corrected chi connectivity index (χ1v) is 8.51. The molecule has 25 heavy (non-hydrogen) atoms. The van der Waals surface area contributed by atoms with Crippen LogP contribution >= 0.6 is 11.6 Å². The van der Waals surface area contributed by atoms with Crippen LogP contribution in [0.25, 0.3) is 11.2 Å². The molecule has 130 valence electrons. The molecule has 0 spiro atoms. The maximum absolute atomic E-state index is 9.92. The van der Waals surface area contributed by atoms with E-state index >= 15 is 0 Å². The molecular weight excluding hydrogens is 340 g/mol. The number of aromatic hydroxyl groups is 1. The van der Waals surface area contributed by atoms with Gasteiger partial charge in [-0.15, -0.1) is 0 Å². The Bertz CT molecular complexity index is 903. The lowest BCUT2D eigenvalue weighted by Gasteiger charge is -2.33. The van der Waals surface area contributed by atoms with Crippen LogP contribution in [-0.2, 0) is 0 Å². The minimum atomic E-state index is 0.107. The van der Waals surface area contributed by atoms with E-state index in [4.69, 9.17) is 11.6 Å². The lowest BCUT2D eigenvalue weighted by molar-refractivity contribution is 0.313. The summed E-state index contributed by atoms with van der Waals surface area (Å²) in [5, 5.41) is 13.5. The van der Waals surface area contributed by atoms with Gasteiger partial charge in [0.05, 0.1) is 17.6 Å². The first-order chi connectivity index (χ1) is 12.1. The third-order valence-corrected chi connectivity index (χ3v) is 4.64. The second-order valence-corrected chi connectivity index (χ2v) is 6.66. The predicted molar refractivity (Wildman–Crippen MR) is 100.0 cm³/mol. The van der Waals surface area contributed by atoms with Crippen LogP contribution < -0.4 is 10.2 Å². The normalized spacial score (nSPS) is 15.7. The number of fused-ring (bicyclic) bond motifs is 1. The van der Waals surface area contributed by atoms with Gasteiger partial charge in [0.1, 0.15) is 11.3 Å². The van der Waals surface area contributed by atoms with Crippen molar-refractivity contribution in [2.24, 2.45) is 0 Å². The number of pyridine rings is 1. The molecule has 8 heteroatoms. The van der Waals surface area contributed by atoms with Crippen LogP contribution in [0, 0.1) is 0 Å². The van der Waals surface area contributed by atoms with Crippen LogP contribution in [0.5, 0.6) is 5.75 Å². The Kier molecular flexibility index (Phi) is 4.10. The quantitative estimate of drug-likeness (QED) is 0.625. The van der Waals surface area contributed by atoms with E-state index < -0.39 is 0 Å². The van der Waals surface area contributed by atoms with Gasteiger partial charge in [-0.1, -0.05) is 11.6 Å². The molecule has 0 radical (unpaired) electrons. The number of hydrogen-bond donors (Lipinski definition) is 3. The van der Waals surface area contributed by atoms with Gasteiger partial charge in [0, 0.05) is 31.2 Å². The predicted octanol–water partition coefficient (Wildman–Crippen LogP) is 2.81. The van der Waals surface area contributed by atoms with Gasteiger partial charge in [0.25, 0.3) is 0 Å². The molecule has 1 aromatic carbocycles. The number of nitrogens with one attached hydrogen (secondary N) is 2. The molecule has 2 aromatic heterocycles. The lowest BCUT2D eigenvalue weighted by atomic mass is 10.3. The summed E-state index contributed by atoms with van der Waals surface area (Å²) >= 11 is 5.98. The number of benzene rings is 1. The maximum Gasteiger partial charge on any atom is 0.207 e. The van der Waals surface area contributed by atoms with E-state index in [9.17, 15) is 5.11 Å². The summed E-state index contributed by atoms with van der Waals surface area (Å²) in [6.45, 7) is 4.05. The van der Waals surface area contributed by atoms with E-state index in [-0.39, 0.29) is 5.75 Å². The van der Waals surface area contributed by atoms with Crippen molar-refractivity contribution in [2.75, 3.05) is 43.4 Å². The monoisotopic (exact) mass is 358 g/mol. The molecule has 0 bridgehead atoms. The van der Waals surface area contributed by atoms with Crippen molar-refractivity contribution in [3.05, 3.63) is 35.5 Å². The number of H-pyrrole nitrogens is 1. The molecule has 0 aliphatic carbocycles. The molecule has 1 fully saturated rings. The fraction of sp³-hybridized carbons (Fsp3) is 0.294. The molecule has 0 unspecified atom stereocenters. The molecule has 1 aliphatic heterocycles. The zero-order chi connectivity index (χ0) is 17.4. The molecule has 0 atom stereocenters. The standard InChI is InChI=1S/C17H19ClN6O/c1-23-4-6-24(7-5-23)12-9-14-16(19-10-12)22-17(21-14)20-13-8-11(18)2-3-15(13)25/h2-3,8-10,25H,4-7H2,1H3,(H2,19,20,21,22). The second kappa shape index (κ2) is 6.42. The van der Waals surface area contributed by atoms with Crippen molar-refractivity contribution >= 4 is 40.1 Å². The Morgan fingerprint density at radius 3 is 2.80 bits per heavy atom. The summed E-state index contributed by atoms with van der Waals surface area (Å²) in [7, 11) is 2.13. The van der Waals surface area contributed by atoms with Crippen LogP contribution in [-0.4, -0.2) is 58.2 Å². The van der Waals surface area contributed by atoms with Gasteiger partial charge in [0.15, 0.2) is 5.65 Å². The number of nitrogens with zero attached hydrogens (tertiary/aromatic N) is 4. The van der Waals surface area contributed by atoms with Gasteiger partial charge in [0.2, 0.25) is 5.95 Å². The summed E-state index contributed by atoms with van der Waals surface area (Å²) in [5.41, 5.74) is 3.04.